The van der Waals surface area contributed by atoms with Crippen molar-refractivity contribution in [2.45, 2.75) is 44.3 Å². The molecular weight excluding hydrogens is 467 g/mol. The molecule has 3 aromatic rings. The minimum absolute atomic E-state index is 0.0522. The molecule has 3 amide bonds. The van der Waals surface area contributed by atoms with Crippen LogP contribution >= 0.6 is 0 Å². The topological polar surface area (TPSA) is 138 Å². The number of nitrogens with one attached hydrogen (secondary N) is 3. The monoisotopic (exact) mass is 492 g/mol. The first-order chi connectivity index (χ1) is 17.3. The Morgan fingerprint density at radius 2 is 1.89 bits per heavy atom. The molecule has 0 unspecified atom stereocenters. The lowest BCUT2D eigenvalue weighted by atomic mass is 9.77. The van der Waals surface area contributed by atoms with Crippen LogP contribution in [0, 0.1) is 11.7 Å². The van der Waals surface area contributed by atoms with E-state index in [1.54, 1.807) is 24.4 Å². The van der Waals surface area contributed by atoms with Gasteiger partial charge in [0, 0.05) is 19.3 Å². The lowest BCUT2D eigenvalue weighted by Gasteiger charge is -2.37. The van der Waals surface area contributed by atoms with E-state index in [0.717, 1.165) is 12.8 Å². The molecule has 0 atom stereocenters. The lowest BCUT2D eigenvalue weighted by Crippen LogP contribution is -2.51. The molecule has 1 aromatic carbocycles. The molecule has 0 spiro atoms. The first-order valence-corrected chi connectivity index (χ1v) is 11.7. The Hall–Kier alpha value is -4.28. The van der Waals surface area contributed by atoms with E-state index >= 15 is 0 Å². The van der Waals surface area contributed by atoms with E-state index in [1.165, 1.54) is 28.8 Å². The van der Waals surface area contributed by atoms with E-state index in [0.29, 0.717) is 30.8 Å². The number of aromatic nitrogens is 3. The second-order valence-electron chi connectivity index (χ2n) is 9.18. The number of carbonyl (C=O) groups excluding carboxylic acids is 2. The van der Waals surface area contributed by atoms with Crippen LogP contribution in [0.15, 0.2) is 53.5 Å². The Kier molecular flexibility index (Phi) is 6.13. The molecule has 4 N–H and O–H groups in total. The minimum Gasteiger partial charge on any atom is -0.501 e. The molecular formula is C25H25FN6O4. The molecule has 36 heavy (non-hydrogen) atoms. The molecule has 10 nitrogen and oxygen atoms in total. The molecule has 1 fully saturated rings. The Morgan fingerprint density at radius 3 is 2.58 bits per heavy atom. The van der Waals surface area contributed by atoms with Crippen LogP contribution in [0.4, 0.5) is 15.0 Å². The zero-order valence-electron chi connectivity index (χ0n) is 19.3. The maximum Gasteiger partial charge on any atom is 0.321 e. The van der Waals surface area contributed by atoms with Gasteiger partial charge in [0.05, 0.1) is 5.54 Å². The smallest absolute Gasteiger partial charge is 0.321 e. The van der Waals surface area contributed by atoms with Gasteiger partial charge in [-0.05, 0) is 61.4 Å². The summed E-state index contributed by atoms with van der Waals surface area (Å²) in [6.07, 6.45) is 4.11. The summed E-state index contributed by atoms with van der Waals surface area (Å²) >= 11 is 0. The van der Waals surface area contributed by atoms with Crippen molar-refractivity contribution in [1.82, 2.24) is 25.2 Å². The Morgan fingerprint density at radius 1 is 1.14 bits per heavy atom. The predicted octanol–water partition coefficient (Wildman–Crippen LogP) is 2.63. The van der Waals surface area contributed by atoms with Crippen molar-refractivity contribution in [3.63, 3.8) is 0 Å². The van der Waals surface area contributed by atoms with Gasteiger partial charge in [0.1, 0.15) is 17.5 Å². The molecule has 6 rings (SSSR count). The average Bonchev–Trinajstić information content (AvgIpc) is 3.12. The number of rotatable bonds is 5. The summed E-state index contributed by atoms with van der Waals surface area (Å²) in [6.45, 7) is 0.397. The van der Waals surface area contributed by atoms with Crippen LogP contribution in [-0.4, -0.2) is 31.6 Å². The number of pyridine rings is 1. The number of anilines is 1. The van der Waals surface area contributed by atoms with Gasteiger partial charge in [0.15, 0.2) is 5.69 Å². The highest BCUT2D eigenvalue weighted by Gasteiger charge is 2.46. The fourth-order valence-corrected chi connectivity index (χ4v) is 4.92. The van der Waals surface area contributed by atoms with Gasteiger partial charge in [-0.25, -0.2) is 19.2 Å². The van der Waals surface area contributed by atoms with Crippen molar-refractivity contribution in [3.8, 4) is 5.75 Å². The fraction of sp³-hybridized carbons (Fsp3) is 0.320. The number of urea groups is 1. The van der Waals surface area contributed by atoms with Gasteiger partial charge in [-0.1, -0.05) is 18.2 Å². The predicted molar refractivity (Wildman–Crippen MR) is 128 cm³/mol. The van der Waals surface area contributed by atoms with E-state index in [9.17, 15) is 23.9 Å². The summed E-state index contributed by atoms with van der Waals surface area (Å²) in [7, 11) is 0. The number of aromatic hydroxyl groups is 1. The van der Waals surface area contributed by atoms with Crippen LogP contribution in [0.5, 0.6) is 5.75 Å². The van der Waals surface area contributed by atoms with E-state index in [4.69, 9.17) is 0 Å². The Labute approximate surface area is 205 Å². The van der Waals surface area contributed by atoms with Crippen LogP contribution in [0.2, 0.25) is 0 Å². The zero-order valence-corrected chi connectivity index (χ0v) is 19.3. The number of hydrogen-bond donors (Lipinski definition) is 4. The normalized spacial score (nSPS) is 20.2. The summed E-state index contributed by atoms with van der Waals surface area (Å²) < 4.78 is 14.5. The van der Waals surface area contributed by atoms with Crippen LogP contribution in [0.25, 0.3) is 0 Å². The standard InChI is InChI=1S/C25H25FN6O4/c26-17-6-4-15(5-7-17)13-28-21(34)19-20(33)22(35)32-14-16-8-10-25(11-9-16,23(32)30-19)31-24(36)29-18-3-1-2-12-27-18/h1-7,12,16,33H,8-11,13-14H2,(H,28,34)(H2,27,29,31,36). The summed E-state index contributed by atoms with van der Waals surface area (Å²) in [5.41, 5.74) is -1.49. The van der Waals surface area contributed by atoms with Gasteiger partial charge in [-0.15, -0.1) is 0 Å². The molecule has 3 aliphatic rings. The van der Waals surface area contributed by atoms with E-state index < -0.39 is 40.3 Å². The van der Waals surface area contributed by atoms with Gasteiger partial charge in [-0.2, -0.15) is 0 Å². The Bertz CT molecular complexity index is 1350. The summed E-state index contributed by atoms with van der Waals surface area (Å²) in [4.78, 5) is 47.5. The maximum atomic E-state index is 13.2. The molecule has 2 aromatic heterocycles. The number of hydrogen-bond acceptors (Lipinski definition) is 6. The maximum absolute atomic E-state index is 13.2. The molecule has 0 radical (unpaired) electrons. The molecule has 186 valence electrons. The summed E-state index contributed by atoms with van der Waals surface area (Å²) in [5, 5.41) is 18.9. The second-order valence-corrected chi connectivity index (χ2v) is 9.18. The fourth-order valence-electron chi connectivity index (χ4n) is 4.92. The molecule has 4 heterocycles. The third-order valence-corrected chi connectivity index (χ3v) is 6.81. The van der Waals surface area contributed by atoms with Gasteiger partial charge >= 0.3 is 6.03 Å². The third kappa shape index (κ3) is 4.51. The van der Waals surface area contributed by atoms with Crippen LogP contribution in [-0.2, 0) is 18.6 Å². The number of benzene rings is 1. The van der Waals surface area contributed by atoms with Gasteiger partial charge in [0.2, 0.25) is 5.75 Å². The summed E-state index contributed by atoms with van der Waals surface area (Å²) in [6, 6.07) is 10.2. The van der Waals surface area contributed by atoms with Crippen molar-refractivity contribution in [3.05, 3.63) is 81.9 Å². The number of nitrogens with zero attached hydrogens (tertiary/aromatic N) is 3. The first-order valence-electron chi connectivity index (χ1n) is 11.7. The molecule has 1 aliphatic carbocycles. The van der Waals surface area contributed by atoms with Crippen molar-refractivity contribution >= 4 is 17.8 Å². The summed E-state index contributed by atoms with van der Waals surface area (Å²) in [5.74, 6) is -1.09. The van der Waals surface area contributed by atoms with Crippen molar-refractivity contribution in [2.24, 2.45) is 5.92 Å². The molecule has 0 saturated heterocycles. The highest BCUT2D eigenvalue weighted by Crippen LogP contribution is 2.43. The van der Waals surface area contributed by atoms with Crippen LogP contribution < -0.4 is 21.5 Å². The van der Waals surface area contributed by atoms with Gasteiger partial charge in [-0.3, -0.25) is 19.5 Å². The average molecular weight is 493 g/mol. The molecule has 2 bridgehead atoms. The number of fused-ring (bicyclic) bond motifs is 2. The highest BCUT2D eigenvalue weighted by atomic mass is 19.1. The van der Waals surface area contributed by atoms with Crippen molar-refractivity contribution in [2.75, 3.05) is 5.32 Å². The Balaban J connectivity index is 1.46. The number of carbonyl (C=O) groups is 2. The minimum atomic E-state index is -0.995. The zero-order chi connectivity index (χ0) is 25.3. The van der Waals surface area contributed by atoms with Crippen molar-refractivity contribution in [1.29, 1.82) is 0 Å². The molecule has 1 saturated carbocycles. The van der Waals surface area contributed by atoms with Crippen molar-refractivity contribution < 1.29 is 19.1 Å². The largest absolute Gasteiger partial charge is 0.501 e. The van der Waals surface area contributed by atoms with E-state index in [1.807, 2.05) is 0 Å². The highest BCUT2D eigenvalue weighted by molar-refractivity contribution is 5.94. The van der Waals surface area contributed by atoms with E-state index in [-0.39, 0.29) is 18.3 Å². The first kappa shape index (κ1) is 23.5. The second kappa shape index (κ2) is 9.40. The van der Waals surface area contributed by atoms with Crippen LogP contribution in [0.3, 0.4) is 0 Å². The molecule has 2 aliphatic heterocycles. The third-order valence-electron chi connectivity index (χ3n) is 6.81. The number of amides is 3. The van der Waals surface area contributed by atoms with Crippen LogP contribution in [0.1, 0.15) is 47.6 Å². The van der Waals surface area contributed by atoms with Gasteiger partial charge in [0.25, 0.3) is 11.5 Å². The van der Waals surface area contributed by atoms with E-state index in [2.05, 4.69) is 25.9 Å². The van der Waals surface area contributed by atoms with Gasteiger partial charge < -0.3 is 15.7 Å². The lowest BCUT2D eigenvalue weighted by molar-refractivity contribution is 0.0941. The molecule has 11 heteroatoms. The number of halogens is 1. The quantitative estimate of drug-likeness (QED) is 0.432. The SMILES string of the molecule is O=C(Nc1ccccn1)NC12CCC(CC1)Cn1c2nc(C(=O)NCc2ccc(F)cc2)c(O)c1=O.